The summed E-state index contributed by atoms with van der Waals surface area (Å²) in [5.74, 6) is 0.681. The van der Waals surface area contributed by atoms with Crippen LogP contribution in [0.15, 0.2) is 64.9 Å². The first-order valence-electron chi connectivity index (χ1n) is 7.13. The van der Waals surface area contributed by atoms with Gasteiger partial charge in [-0.1, -0.05) is 35.3 Å². The number of benzene rings is 2. The number of thioether (sulfide) groups is 1. The highest BCUT2D eigenvalue weighted by atomic mass is 35.5. The molecule has 1 amide bonds. The highest BCUT2D eigenvalue weighted by Gasteiger charge is 2.14. The molecule has 3 aromatic rings. The second kappa shape index (κ2) is 8.08. The monoisotopic (exact) mass is 393 g/mol. The maximum atomic E-state index is 12.5. The Morgan fingerprint density at radius 2 is 1.58 bits per heavy atom. The van der Waals surface area contributed by atoms with E-state index in [2.05, 4.69) is 5.32 Å². The lowest BCUT2D eigenvalue weighted by molar-refractivity contribution is 0.102. The van der Waals surface area contributed by atoms with Crippen molar-refractivity contribution in [1.82, 2.24) is 0 Å². The van der Waals surface area contributed by atoms with E-state index in [1.165, 1.54) is 16.9 Å². The minimum absolute atomic E-state index is 0.106. The Labute approximate surface area is 158 Å². The zero-order valence-corrected chi connectivity index (χ0v) is 15.6. The molecular weight excluding hydrogens is 381 g/mol. The Kier molecular flexibility index (Phi) is 5.85. The van der Waals surface area contributed by atoms with Crippen LogP contribution in [0.2, 0.25) is 10.0 Å². The summed E-state index contributed by atoms with van der Waals surface area (Å²) in [4.78, 5) is 14.2. The molecule has 1 N–H and O–H groups in total. The quantitative estimate of drug-likeness (QED) is 0.494. The smallest absolute Gasteiger partial charge is 0.266 e. The van der Waals surface area contributed by atoms with E-state index in [1.807, 2.05) is 35.7 Å². The summed E-state index contributed by atoms with van der Waals surface area (Å²) < 4.78 is 0. The molecule has 2 nitrogen and oxygen atoms in total. The van der Waals surface area contributed by atoms with E-state index in [0.717, 1.165) is 21.4 Å². The minimum Gasteiger partial charge on any atom is -0.321 e. The SMILES string of the molecule is O=C(Nc1ccc(Cl)cc1)c1sccc1SCc1ccc(Cl)cc1. The van der Waals surface area contributed by atoms with Crippen molar-refractivity contribution in [2.24, 2.45) is 0 Å². The Morgan fingerprint density at radius 1 is 0.958 bits per heavy atom. The first-order chi connectivity index (χ1) is 11.6. The van der Waals surface area contributed by atoms with Gasteiger partial charge in [-0.3, -0.25) is 4.79 Å². The molecule has 0 aliphatic rings. The minimum atomic E-state index is -0.106. The number of rotatable bonds is 5. The molecule has 0 bridgehead atoms. The molecule has 0 saturated carbocycles. The third kappa shape index (κ3) is 4.54. The predicted molar refractivity (Wildman–Crippen MR) is 105 cm³/mol. The van der Waals surface area contributed by atoms with Gasteiger partial charge in [-0.2, -0.15) is 0 Å². The number of hydrogen-bond acceptors (Lipinski definition) is 3. The van der Waals surface area contributed by atoms with Crippen molar-refractivity contribution in [3.05, 3.63) is 80.5 Å². The number of nitrogens with one attached hydrogen (secondary N) is 1. The maximum Gasteiger partial charge on any atom is 0.266 e. The Balaban J connectivity index is 1.66. The van der Waals surface area contributed by atoms with Crippen LogP contribution in [-0.4, -0.2) is 5.91 Å². The average molecular weight is 394 g/mol. The van der Waals surface area contributed by atoms with Crippen molar-refractivity contribution in [1.29, 1.82) is 0 Å². The van der Waals surface area contributed by atoms with Crippen molar-refractivity contribution in [3.8, 4) is 0 Å². The number of hydrogen-bond donors (Lipinski definition) is 1. The lowest BCUT2D eigenvalue weighted by Crippen LogP contribution is -2.10. The van der Waals surface area contributed by atoms with Gasteiger partial charge < -0.3 is 5.32 Å². The van der Waals surface area contributed by atoms with Crippen LogP contribution in [0.5, 0.6) is 0 Å². The number of carbonyl (C=O) groups is 1. The number of halogens is 2. The number of carbonyl (C=O) groups excluding carboxylic acids is 1. The van der Waals surface area contributed by atoms with Crippen LogP contribution in [0.1, 0.15) is 15.2 Å². The lowest BCUT2D eigenvalue weighted by atomic mass is 10.2. The Hall–Kier alpha value is -1.46. The molecule has 0 spiro atoms. The molecule has 0 aliphatic carbocycles. The standard InChI is InChI=1S/C18H13Cl2NOS2/c19-13-3-1-12(2-4-13)11-24-16-9-10-23-17(16)18(22)21-15-7-5-14(20)6-8-15/h1-10H,11H2,(H,21,22). The molecule has 1 aromatic heterocycles. The van der Waals surface area contributed by atoms with Crippen LogP contribution in [0.3, 0.4) is 0 Å². The number of anilines is 1. The Morgan fingerprint density at radius 3 is 2.25 bits per heavy atom. The van der Waals surface area contributed by atoms with Gasteiger partial charge in [0, 0.05) is 26.4 Å². The summed E-state index contributed by atoms with van der Waals surface area (Å²) in [6.07, 6.45) is 0. The third-order valence-corrected chi connectivity index (χ3v) is 5.92. The van der Waals surface area contributed by atoms with Crippen LogP contribution < -0.4 is 5.32 Å². The molecule has 0 fully saturated rings. The fraction of sp³-hybridized carbons (Fsp3) is 0.0556. The van der Waals surface area contributed by atoms with Crippen LogP contribution in [0, 0.1) is 0 Å². The van der Waals surface area contributed by atoms with Crippen LogP contribution in [-0.2, 0) is 5.75 Å². The summed E-state index contributed by atoms with van der Waals surface area (Å²) in [6.45, 7) is 0. The van der Waals surface area contributed by atoms with Gasteiger partial charge in [0.05, 0.1) is 0 Å². The molecule has 3 rings (SSSR count). The van der Waals surface area contributed by atoms with Crippen molar-refractivity contribution >= 4 is 57.9 Å². The topological polar surface area (TPSA) is 29.1 Å². The molecule has 24 heavy (non-hydrogen) atoms. The van der Waals surface area contributed by atoms with Crippen molar-refractivity contribution in [2.75, 3.05) is 5.32 Å². The summed E-state index contributed by atoms with van der Waals surface area (Å²) in [6, 6.07) is 16.8. The molecule has 0 aliphatic heterocycles. The maximum absolute atomic E-state index is 12.5. The van der Waals surface area contributed by atoms with Crippen molar-refractivity contribution < 1.29 is 4.79 Å². The summed E-state index contributed by atoms with van der Waals surface area (Å²) >= 11 is 14.8. The largest absolute Gasteiger partial charge is 0.321 e. The number of amides is 1. The Bertz CT molecular complexity index is 829. The average Bonchev–Trinajstić information content (AvgIpc) is 3.05. The van der Waals surface area contributed by atoms with E-state index in [0.29, 0.717) is 9.90 Å². The van der Waals surface area contributed by atoms with Crippen LogP contribution in [0.25, 0.3) is 0 Å². The van der Waals surface area contributed by atoms with Gasteiger partial charge >= 0.3 is 0 Å². The van der Waals surface area contributed by atoms with E-state index in [9.17, 15) is 4.79 Å². The second-order valence-corrected chi connectivity index (χ2v) is 7.80. The van der Waals surface area contributed by atoms with E-state index in [1.54, 1.807) is 36.0 Å². The molecule has 0 atom stereocenters. The summed E-state index contributed by atoms with van der Waals surface area (Å²) in [7, 11) is 0. The first kappa shape index (κ1) is 17.4. The van der Waals surface area contributed by atoms with Gasteiger partial charge in [0.25, 0.3) is 5.91 Å². The molecule has 6 heteroatoms. The molecule has 122 valence electrons. The van der Waals surface area contributed by atoms with Crippen molar-refractivity contribution in [3.63, 3.8) is 0 Å². The lowest BCUT2D eigenvalue weighted by Gasteiger charge is -2.06. The molecule has 2 aromatic carbocycles. The first-order valence-corrected chi connectivity index (χ1v) is 9.75. The summed E-state index contributed by atoms with van der Waals surface area (Å²) in [5, 5.41) is 6.20. The van der Waals surface area contributed by atoms with E-state index in [-0.39, 0.29) is 5.91 Å². The molecular formula is C18H13Cl2NOS2. The van der Waals surface area contributed by atoms with Gasteiger partial charge in [0.15, 0.2) is 0 Å². The van der Waals surface area contributed by atoms with Gasteiger partial charge in [-0.25, -0.2) is 0 Å². The third-order valence-electron chi connectivity index (χ3n) is 3.25. The van der Waals surface area contributed by atoms with Gasteiger partial charge in [0.2, 0.25) is 0 Å². The van der Waals surface area contributed by atoms with E-state index in [4.69, 9.17) is 23.2 Å². The van der Waals surface area contributed by atoms with E-state index >= 15 is 0 Å². The van der Waals surface area contributed by atoms with Crippen molar-refractivity contribution in [2.45, 2.75) is 10.6 Å². The molecule has 0 unspecified atom stereocenters. The fourth-order valence-electron chi connectivity index (χ4n) is 2.04. The molecule has 1 heterocycles. The van der Waals surface area contributed by atoms with Crippen LogP contribution >= 0.6 is 46.3 Å². The molecule has 0 saturated heterocycles. The van der Waals surface area contributed by atoms with E-state index < -0.39 is 0 Å². The zero-order chi connectivity index (χ0) is 16.9. The van der Waals surface area contributed by atoms with Gasteiger partial charge in [-0.05, 0) is 53.4 Å². The fourth-order valence-corrected chi connectivity index (χ4v) is 4.28. The second-order valence-electron chi connectivity index (χ2n) is 4.99. The van der Waals surface area contributed by atoms with Gasteiger partial charge in [-0.15, -0.1) is 23.1 Å². The predicted octanol–water partition coefficient (Wildman–Crippen LogP) is 6.60. The summed E-state index contributed by atoms with van der Waals surface area (Å²) in [5.41, 5.74) is 1.89. The molecule has 0 radical (unpaired) electrons. The number of thiophene rings is 1. The normalized spacial score (nSPS) is 10.6. The van der Waals surface area contributed by atoms with Gasteiger partial charge in [0.1, 0.15) is 4.88 Å². The highest BCUT2D eigenvalue weighted by molar-refractivity contribution is 7.98. The highest BCUT2D eigenvalue weighted by Crippen LogP contribution is 2.31. The van der Waals surface area contributed by atoms with Crippen LogP contribution in [0.4, 0.5) is 5.69 Å². The zero-order valence-electron chi connectivity index (χ0n) is 12.5.